The van der Waals surface area contributed by atoms with Crippen LogP contribution in [0.5, 0.6) is 5.75 Å². The molecule has 104 valence electrons. The van der Waals surface area contributed by atoms with Gasteiger partial charge in [-0.05, 0) is 18.6 Å². The number of fused-ring (bicyclic) bond motifs is 1. The Morgan fingerprint density at radius 3 is 2.79 bits per heavy atom. The van der Waals surface area contributed by atoms with E-state index in [1.54, 1.807) is 0 Å². The standard InChI is InChI=1S/C15H23N3O/c1-2-5-15-14(4-1)18(8-3-13-19-15)12-11-17-9-6-16-7-10-17/h1-2,4-5,16H,3,6-13H2. The van der Waals surface area contributed by atoms with Crippen LogP contribution >= 0.6 is 0 Å². The highest BCUT2D eigenvalue weighted by Gasteiger charge is 2.17. The number of anilines is 1. The summed E-state index contributed by atoms with van der Waals surface area (Å²) in [5.41, 5.74) is 1.26. The van der Waals surface area contributed by atoms with Gasteiger partial charge in [-0.15, -0.1) is 0 Å². The zero-order valence-electron chi connectivity index (χ0n) is 11.5. The van der Waals surface area contributed by atoms with Gasteiger partial charge in [0.05, 0.1) is 12.3 Å². The van der Waals surface area contributed by atoms with E-state index < -0.39 is 0 Å². The van der Waals surface area contributed by atoms with Crippen molar-refractivity contribution in [2.75, 3.05) is 57.3 Å². The molecule has 2 aliphatic heterocycles. The molecule has 0 aliphatic carbocycles. The fraction of sp³-hybridized carbons (Fsp3) is 0.600. The number of piperazine rings is 1. The Morgan fingerprint density at radius 2 is 1.89 bits per heavy atom. The first-order valence-electron chi connectivity index (χ1n) is 7.33. The van der Waals surface area contributed by atoms with E-state index in [0.29, 0.717) is 0 Å². The molecule has 1 saturated heterocycles. The average Bonchev–Trinajstić information content (AvgIpc) is 2.68. The first-order valence-corrected chi connectivity index (χ1v) is 7.33. The minimum atomic E-state index is 0.834. The molecular weight excluding hydrogens is 238 g/mol. The highest BCUT2D eigenvalue weighted by molar-refractivity contribution is 5.58. The Labute approximate surface area is 115 Å². The molecule has 1 fully saturated rings. The van der Waals surface area contributed by atoms with Crippen LogP contribution in [-0.4, -0.2) is 57.3 Å². The molecule has 0 aromatic heterocycles. The summed E-state index contributed by atoms with van der Waals surface area (Å²) in [5.74, 6) is 1.04. The lowest BCUT2D eigenvalue weighted by atomic mass is 10.2. The van der Waals surface area contributed by atoms with Gasteiger partial charge >= 0.3 is 0 Å². The third kappa shape index (κ3) is 3.19. The van der Waals surface area contributed by atoms with E-state index in [4.69, 9.17) is 4.74 Å². The molecule has 0 spiro atoms. The summed E-state index contributed by atoms with van der Waals surface area (Å²) in [7, 11) is 0. The fourth-order valence-corrected chi connectivity index (χ4v) is 2.83. The predicted octanol–water partition coefficient (Wildman–Crippen LogP) is 1.18. The van der Waals surface area contributed by atoms with E-state index in [-0.39, 0.29) is 0 Å². The van der Waals surface area contributed by atoms with Gasteiger partial charge in [-0.1, -0.05) is 12.1 Å². The molecule has 0 radical (unpaired) electrons. The van der Waals surface area contributed by atoms with Crippen LogP contribution in [0.1, 0.15) is 6.42 Å². The molecular formula is C15H23N3O. The number of ether oxygens (including phenoxy) is 1. The molecule has 0 unspecified atom stereocenters. The quantitative estimate of drug-likeness (QED) is 0.884. The van der Waals surface area contributed by atoms with Gasteiger partial charge in [-0.2, -0.15) is 0 Å². The van der Waals surface area contributed by atoms with Gasteiger partial charge in [0.2, 0.25) is 0 Å². The van der Waals surface area contributed by atoms with E-state index in [9.17, 15) is 0 Å². The summed E-state index contributed by atoms with van der Waals surface area (Å²) in [6.07, 6.45) is 1.11. The molecule has 4 heteroatoms. The zero-order valence-corrected chi connectivity index (χ0v) is 11.5. The Hall–Kier alpha value is -1.26. The molecule has 2 aliphatic rings. The van der Waals surface area contributed by atoms with Crippen LogP contribution < -0.4 is 15.0 Å². The second-order valence-electron chi connectivity index (χ2n) is 5.25. The Morgan fingerprint density at radius 1 is 1.05 bits per heavy atom. The molecule has 1 N–H and O–H groups in total. The van der Waals surface area contributed by atoms with Crippen LogP contribution in [0.25, 0.3) is 0 Å². The van der Waals surface area contributed by atoms with Crippen molar-refractivity contribution in [3.63, 3.8) is 0 Å². The fourth-order valence-electron chi connectivity index (χ4n) is 2.83. The van der Waals surface area contributed by atoms with Crippen molar-refractivity contribution >= 4 is 5.69 Å². The van der Waals surface area contributed by atoms with E-state index in [1.807, 2.05) is 0 Å². The number of hydrogen-bond donors (Lipinski definition) is 1. The molecule has 3 rings (SSSR count). The Balaban J connectivity index is 1.63. The topological polar surface area (TPSA) is 27.7 Å². The molecule has 0 bridgehead atoms. The smallest absolute Gasteiger partial charge is 0.142 e. The van der Waals surface area contributed by atoms with Gasteiger partial charge in [0.1, 0.15) is 5.75 Å². The molecule has 1 aromatic carbocycles. The van der Waals surface area contributed by atoms with Gasteiger partial charge in [-0.3, -0.25) is 4.90 Å². The monoisotopic (exact) mass is 261 g/mol. The SMILES string of the molecule is c1ccc2c(c1)OCCCN2CCN1CCNCC1. The predicted molar refractivity (Wildman–Crippen MR) is 78.1 cm³/mol. The molecule has 0 atom stereocenters. The third-order valence-electron chi connectivity index (χ3n) is 3.93. The molecule has 1 aromatic rings. The van der Waals surface area contributed by atoms with Crippen LogP contribution in [0, 0.1) is 0 Å². The summed E-state index contributed by atoms with van der Waals surface area (Å²) in [4.78, 5) is 5.02. The maximum Gasteiger partial charge on any atom is 0.142 e. The summed E-state index contributed by atoms with van der Waals surface area (Å²) in [6.45, 7) is 8.78. The summed E-state index contributed by atoms with van der Waals surface area (Å²) in [5, 5.41) is 3.40. The summed E-state index contributed by atoms with van der Waals surface area (Å²) >= 11 is 0. The highest BCUT2D eigenvalue weighted by atomic mass is 16.5. The maximum atomic E-state index is 5.81. The normalized spacial score (nSPS) is 20.5. The van der Waals surface area contributed by atoms with Crippen LogP contribution in [0.15, 0.2) is 24.3 Å². The zero-order chi connectivity index (χ0) is 12.9. The third-order valence-corrected chi connectivity index (χ3v) is 3.93. The van der Waals surface area contributed by atoms with Crippen LogP contribution in [0.2, 0.25) is 0 Å². The number of rotatable bonds is 3. The Kier molecular flexibility index (Phi) is 4.20. The van der Waals surface area contributed by atoms with E-state index in [2.05, 4.69) is 39.4 Å². The van der Waals surface area contributed by atoms with Crippen LogP contribution in [0.4, 0.5) is 5.69 Å². The van der Waals surface area contributed by atoms with Crippen LogP contribution in [0.3, 0.4) is 0 Å². The lowest BCUT2D eigenvalue weighted by Crippen LogP contribution is -2.46. The summed E-state index contributed by atoms with van der Waals surface area (Å²) in [6, 6.07) is 8.42. The van der Waals surface area contributed by atoms with Crippen molar-refractivity contribution in [2.24, 2.45) is 0 Å². The summed E-state index contributed by atoms with van der Waals surface area (Å²) < 4.78 is 5.81. The second kappa shape index (κ2) is 6.26. The number of benzene rings is 1. The maximum absolute atomic E-state index is 5.81. The van der Waals surface area contributed by atoms with E-state index in [0.717, 1.165) is 51.5 Å². The van der Waals surface area contributed by atoms with E-state index in [1.165, 1.54) is 18.8 Å². The number of nitrogens with zero attached hydrogens (tertiary/aromatic N) is 2. The minimum absolute atomic E-state index is 0.834. The van der Waals surface area contributed by atoms with Gasteiger partial charge < -0.3 is 15.0 Å². The molecule has 2 heterocycles. The van der Waals surface area contributed by atoms with Crippen LogP contribution in [-0.2, 0) is 0 Å². The average molecular weight is 261 g/mol. The van der Waals surface area contributed by atoms with Gasteiger partial charge in [-0.25, -0.2) is 0 Å². The van der Waals surface area contributed by atoms with Gasteiger partial charge in [0.25, 0.3) is 0 Å². The van der Waals surface area contributed by atoms with Crippen molar-refractivity contribution in [1.29, 1.82) is 0 Å². The van der Waals surface area contributed by atoms with Crippen molar-refractivity contribution < 1.29 is 4.74 Å². The number of hydrogen-bond acceptors (Lipinski definition) is 4. The van der Waals surface area contributed by atoms with Gasteiger partial charge in [0, 0.05) is 45.8 Å². The number of para-hydroxylation sites is 2. The highest BCUT2D eigenvalue weighted by Crippen LogP contribution is 2.30. The lowest BCUT2D eigenvalue weighted by Gasteiger charge is -2.31. The number of nitrogens with one attached hydrogen (secondary N) is 1. The van der Waals surface area contributed by atoms with Crippen molar-refractivity contribution in [2.45, 2.75) is 6.42 Å². The largest absolute Gasteiger partial charge is 0.491 e. The van der Waals surface area contributed by atoms with Crippen molar-refractivity contribution in [3.05, 3.63) is 24.3 Å². The molecule has 4 nitrogen and oxygen atoms in total. The van der Waals surface area contributed by atoms with Crippen molar-refractivity contribution in [3.8, 4) is 5.75 Å². The van der Waals surface area contributed by atoms with Gasteiger partial charge in [0.15, 0.2) is 0 Å². The first kappa shape index (κ1) is 12.8. The Bertz CT molecular complexity index is 404. The lowest BCUT2D eigenvalue weighted by molar-refractivity contribution is 0.245. The second-order valence-corrected chi connectivity index (χ2v) is 5.25. The van der Waals surface area contributed by atoms with E-state index >= 15 is 0 Å². The minimum Gasteiger partial charge on any atom is -0.491 e. The molecule has 0 saturated carbocycles. The first-order chi connectivity index (χ1) is 9.43. The van der Waals surface area contributed by atoms with Crippen molar-refractivity contribution in [1.82, 2.24) is 10.2 Å². The molecule has 0 amide bonds. The molecule has 19 heavy (non-hydrogen) atoms.